The van der Waals surface area contributed by atoms with E-state index in [4.69, 9.17) is 9.57 Å². The zero-order valence-electron chi connectivity index (χ0n) is 9.41. The van der Waals surface area contributed by atoms with Crippen molar-refractivity contribution in [2.24, 2.45) is 5.92 Å². The largest absolute Gasteiger partial charge is 0.375 e. The van der Waals surface area contributed by atoms with E-state index in [0.29, 0.717) is 25.6 Å². The molecule has 1 saturated heterocycles. The van der Waals surface area contributed by atoms with Gasteiger partial charge in [-0.25, -0.2) is 5.48 Å². The van der Waals surface area contributed by atoms with Crippen LogP contribution in [0.5, 0.6) is 0 Å². The van der Waals surface area contributed by atoms with Crippen LogP contribution in [-0.2, 0) is 14.4 Å². The molecule has 0 aromatic carbocycles. The van der Waals surface area contributed by atoms with Crippen molar-refractivity contribution in [2.75, 3.05) is 26.3 Å². The van der Waals surface area contributed by atoms with Crippen LogP contribution in [0.1, 0.15) is 20.3 Å². The highest BCUT2D eigenvalue weighted by Gasteiger charge is 2.17. The van der Waals surface area contributed by atoms with E-state index in [1.165, 1.54) is 0 Å². The average Bonchev–Trinajstić information content (AvgIpc) is 2.18. The first-order chi connectivity index (χ1) is 7.18. The fourth-order valence-electron chi connectivity index (χ4n) is 1.29. The third kappa shape index (κ3) is 5.71. The minimum Gasteiger partial charge on any atom is -0.375 e. The van der Waals surface area contributed by atoms with Crippen molar-refractivity contribution in [3.05, 3.63) is 0 Å². The Morgan fingerprint density at radius 1 is 1.67 bits per heavy atom. The summed E-state index contributed by atoms with van der Waals surface area (Å²) in [7, 11) is 0. The van der Waals surface area contributed by atoms with Gasteiger partial charge in [-0.2, -0.15) is 0 Å². The number of nitrogens with one attached hydrogen (secondary N) is 2. The third-order valence-corrected chi connectivity index (χ3v) is 2.02. The van der Waals surface area contributed by atoms with Crippen LogP contribution < -0.4 is 10.8 Å². The molecular formula is C10H20N2O3. The first kappa shape index (κ1) is 12.4. The Kier molecular flexibility index (Phi) is 5.60. The Bertz CT molecular complexity index is 191. The second kappa shape index (κ2) is 6.76. The molecule has 1 fully saturated rings. The van der Waals surface area contributed by atoms with E-state index in [2.05, 4.69) is 10.8 Å². The van der Waals surface area contributed by atoms with Crippen LogP contribution in [0.4, 0.5) is 0 Å². The van der Waals surface area contributed by atoms with Gasteiger partial charge in [0.25, 0.3) is 0 Å². The molecule has 15 heavy (non-hydrogen) atoms. The van der Waals surface area contributed by atoms with Gasteiger partial charge in [-0.15, -0.1) is 0 Å². The van der Waals surface area contributed by atoms with E-state index in [9.17, 15) is 4.79 Å². The van der Waals surface area contributed by atoms with Crippen LogP contribution in [-0.4, -0.2) is 38.3 Å². The summed E-state index contributed by atoms with van der Waals surface area (Å²) in [6.07, 6.45) is 0.326. The van der Waals surface area contributed by atoms with E-state index in [1.807, 2.05) is 13.8 Å². The van der Waals surface area contributed by atoms with Crippen molar-refractivity contribution in [3.8, 4) is 0 Å². The normalized spacial score (nSPS) is 21.7. The van der Waals surface area contributed by atoms with Gasteiger partial charge < -0.3 is 10.1 Å². The predicted octanol–water partition coefficient (Wildman–Crippen LogP) is 0.0687. The smallest absolute Gasteiger partial charge is 0.246 e. The first-order valence-corrected chi connectivity index (χ1v) is 5.41. The predicted molar refractivity (Wildman–Crippen MR) is 56.2 cm³/mol. The summed E-state index contributed by atoms with van der Waals surface area (Å²) in [5.74, 6) is 0.294. The van der Waals surface area contributed by atoms with E-state index in [0.717, 1.165) is 13.1 Å². The molecule has 1 unspecified atom stereocenters. The van der Waals surface area contributed by atoms with E-state index in [1.54, 1.807) is 0 Å². The molecule has 5 nitrogen and oxygen atoms in total. The molecule has 88 valence electrons. The van der Waals surface area contributed by atoms with Gasteiger partial charge in [-0.05, 0) is 5.92 Å². The highest BCUT2D eigenvalue weighted by atomic mass is 16.7. The van der Waals surface area contributed by atoms with Gasteiger partial charge in [0.1, 0.15) is 0 Å². The van der Waals surface area contributed by atoms with Crippen molar-refractivity contribution >= 4 is 5.91 Å². The summed E-state index contributed by atoms with van der Waals surface area (Å²) in [6.45, 7) is 6.86. The number of amides is 1. The Morgan fingerprint density at radius 3 is 3.07 bits per heavy atom. The molecule has 1 atom stereocenters. The Hall–Kier alpha value is -0.650. The van der Waals surface area contributed by atoms with E-state index < -0.39 is 0 Å². The van der Waals surface area contributed by atoms with Crippen molar-refractivity contribution in [1.29, 1.82) is 0 Å². The molecule has 0 bridgehead atoms. The average molecular weight is 216 g/mol. The van der Waals surface area contributed by atoms with Gasteiger partial charge in [-0.1, -0.05) is 13.8 Å². The van der Waals surface area contributed by atoms with E-state index in [-0.39, 0.29) is 12.0 Å². The maximum atomic E-state index is 11.3. The summed E-state index contributed by atoms with van der Waals surface area (Å²) >= 11 is 0. The SMILES string of the molecule is CC(C)CONC(=O)CC1CNCCO1. The number of ether oxygens (including phenoxy) is 1. The Balaban J connectivity index is 2.06. The fraction of sp³-hybridized carbons (Fsp3) is 0.900. The molecular weight excluding hydrogens is 196 g/mol. The lowest BCUT2D eigenvalue weighted by Gasteiger charge is -2.22. The van der Waals surface area contributed by atoms with Gasteiger partial charge >= 0.3 is 0 Å². The molecule has 0 radical (unpaired) electrons. The highest BCUT2D eigenvalue weighted by molar-refractivity contribution is 5.75. The van der Waals surface area contributed by atoms with Crippen LogP contribution in [0.2, 0.25) is 0 Å². The van der Waals surface area contributed by atoms with E-state index >= 15 is 0 Å². The molecule has 0 spiro atoms. The van der Waals surface area contributed by atoms with Crippen LogP contribution in [0.15, 0.2) is 0 Å². The number of rotatable bonds is 5. The lowest BCUT2D eigenvalue weighted by molar-refractivity contribution is -0.137. The number of morpholine rings is 1. The lowest BCUT2D eigenvalue weighted by atomic mass is 10.2. The Labute approximate surface area is 90.5 Å². The Morgan fingerprint density at radius 2 is 2.47 bits per heavy atom. The molecule has 1 rings (SSSR count). The van der Waals surface area contributed by atoms with Gasteiger partial charge in [0.05, 0.1) is 25.7 Å². The minimum atomic E-state index is -0.121. The van der Waals surface area contributed by atoms with Gasteiger partial charge in [0.15, 0.2) is 0 Å². The minimum absolute atomic E-state index is 0.0265. The summed E-state index contributed by atoms with van der Waals surface area (Å²) in [5, 5.41) is 3.17. The molecule has 0 saturated carbocycles. The molecule has 0 aliphatic carbocycles. The second-order valence-electron chi connectivity index (χ2n) is 4.13. The van der Waals surface area contributed by atoms with Crippen LogP contribution in [0.3, 0.4) is 0 Å². The monoisotopic (exact) mass is 216 g/mol. The maximum Gasteiger partial charge on any atom is 0.246 e. The fourth-order valence-corrected chi connectivity index (χ4v) is 1.29. The molecule has 0 aromatic rings. The lowest BCUT2D eigenvalue weighted by Crippen LogP contribution is -2.41. The molecule has 1 amide bonds. The standard InChI is InChI=1S/C10H20N2O3/c1-8(2)7-15-12-10(13)5-9-6-11-3-4-14-9/h8-9,11H,3-7H2,1-2H3,(H,12,13). The van der Waals surface area contributed by atoms with Crippen molar-refractivity contribution in [1.82, 2.24) is 10.8 Å². The quantitative estimate of drug-likeness (QED) is 0.638. The van der Waals surface area contributed by atoms with Gasteiger partial charge in [0.2, 0.25) is 5.91 Å². The van der Waals surface area contributed by atoms with Crippen LogP contribution in [0, 0.1) is 5.92 Å². The zero-order chi connectivity index (χ0) is 11.1. The molecule has 0 aromatic heterocycles. The number of carbonyl (C=O) groups is 1. The summed E-state index contributed by atoms with van der Waals surface area (Å²) < 4.78 is 5.40. The topological polar surface area (TPSA) is 59.6 Å². The van der Waals surface area contributed by atoms with Gasteiger partial charge in [0, 0.05) is 13.1 Å². The first-order valence-electron chi connectivity index (χ1n) is 5.41. The highest BCUT2D eigenvalue weighted by Crippen LogP contribution is 2.01. The number of hydrogen-bond acceptors (Lipinski definition) is 4. The summed E-state index contributed by atoms with van der Waals surface area (Å²) in [4.78, 5) is 16.4. The number of carbonyl (C=O) groups excluding carboxylic acids is 1. The van der Waals surface area contributed by atoms with Crippen molar-refractivity contribution in [2.45, 2.75) is 26.4 Å². The van der Waals surface area contributed by atoms with Crippen molar-refractivity contribution in [3.63, 3.8) is 0 Å². The molecule has 2 N–H and O–H groups in total. The molecule has 1 aliphatic heterocycles. The molecule has 5 heteroatoms. The molecule has 1 heterocycles. The number of hydrogen-bond donors (Lipinski definition) is 2. The summed E-state index contributed by atoms with van der Waals surface area (Å²) in [6, 6.07) is 0. The van der Waals surface area contributed by atoms with Crippen LogP contribution >= 0.6 is 0 Å². The number of hydroxylamine groups is 1. The third-order valence-electron chi connectivity index (χ3n) is 2.02. The zero-order valence-corrected chi connectivity index (χ0v) is 9.41. The molecule has 1 aliphatic rings. The van der Waals surface area contributed by atoms with Gasteiger partial charge in [-0.3, -0.25) is 9.63 Å². The van der Waals surface area contributed by atoms with Crippen LogP contribution in [0.25, 0.3) is 0 Å². The second-order valence-corrected chi connectivity index (χ2v) is 4.13. The maximum absolute atomic E-state index is 11.3. The van der Waals surface area contributed by atoms with Crippen molar-refractivity contribution < 1.29 is 14.4 Å². The summed E-state index contributed by atoms with van der Waals surface area (Å²) in [5.41, 5.74) is 2.41.